The first-order valence-electron chi connectivity index (χ1n) is 4.56. The predicted octanol–water partition coefficient (Wildman–Crippen LogP) is 2.61. The van der Waals surface area contributed by atoms with Crippen LogP contribution >= 0.6 is 0 Å². The van der Waals surface area contributed by atoms with Gasteiger partial charge in [0.1, 0.15) is 0 Å². The molecule has 0 spiro atoms. The lowest BCUT2D eigenvalue weighted by atomic mass is 10.0. The molecule has 1 unspecified atom stereocenters. The summed E-state index contributed by atoms with van der Waals surface area (Å²) in [5, 5.41) is 9.84. The highest BCUT2D eigenvalue weighted by molar-refractivity contribution is 5.20. The molecule has 70 valence electrons. The summed E-state index contributed by atoms with van der Waals surface area (Å²) in [5.41, 5.74) is 1.40. The third-order valence-corrected chi connectivity index (χ3v) is 3.95. The molecule has 12 heavy (non-hydrogen) atoms. The SMILES string of the molecule is C=C(C)C(O)C1C(C)(C)C1(C)C. The van der Waals surface area contributed by atoms with Crippen molar-refractivity contribution < 1.29 is 5.11 Å². The number of aliphatic hydroxyl groups is 1. The molecule has 0 amide bonds. The highest BCUT2D eigenvalue weighted by Crippen LogP contribution is 2.70. The molecule has 0 aromatic carbocycles. The maximum atomic E-state index is 9.84. The van der Waals surface area contributed by atoms with Gasteiger partial charge in [0.05, 0.1) is 6.10 Å². The van der Waals surface area contributed by atoms with Crippen LogP contribution in [0.25, 0.3) is 0 Å². The molecule has 1 nitrogen and oxygen atoms in total. The van der Waals surface area contributed by atoms with Crippen LogP contribution in [0.2, 0.25) is 0 Å². The van der Waals surface area contributed by atoms with Crippen LogP contribution in [-0.4, -0.2) is 11.2 Å². The second-order valence-electron chi connectivity index (χ2n) is 5.21. The highest BCUT2D eigenvalue weighted by Gasteiger charge is 2.67. The van der Waals surface area contributed by atoms with Crippen LogP contribution in [0.3, 0.4) is 0 Å². The van der Waals surface area contributed by atoms with E-state index in [1.54, 1.807) is 0 Å². The number of rotatable bonds is 2. The Kier molecular flexibility index (Phi) is 1.92. The molecule has 1 fully saturated rings. The minimum atomic E-state index is -0.324. The van der Waals surface area contributed by atoms with Crippen molar-refractivity contribution in [1.82, 2.24) is 0 Å². The van der Waals surface area contributed by atoms with Crippen molar-refractivity contribution in [3.63, 3.8) is 0 Å². The molecule has 0 aromatic heterocycles. The van der Waals surface area contributed by atoms with E-state index < -0.39 is 0 Å². The second-order valence-corrected chi connectivity index (χ2v) is 5.21. The quantitative estimate of drug-likeness (QED) is 0.628. The normalized spacial score (nSPS) is 28.2. The molecule has 1 atom stereocenters. The van der Waals surface area contributed by atoms with Gasteiger partial charge >= 0.3 is 0 Å². The first-order valence-corrected chi connectivity index (χ1v) is 4.56. The van der Waals surface area contributed by atoms with Crippen LogP contribution < -0.4 is 0 Å². The Morgan fingerprint density at radius 3 is 1.67 bits per heavy atom. The standard InChI is InChI=1S/C11H20O/c1-7(2)8(12)9-10(3,4)11(9,5)6/h8-9,12H,1H2,2-6H3. The molecule has 0 saturated heterocycles. The number of hydrogen-bond donors (Lipinski definition) is 1. The van der Waals surface area contributed by atoms with Gasteiger partial charge < -0.3 is 5.11 Å². The summed E-state index contributed by atoms with van der Waals surface area (Å²) in [6.45, 7) is 14.5. The van der Waals surface area contributed by atoms with Gasteiger partial charge in [-0.2, -0.15) is 0 Å². The third-order valence-electron chi connectivity index (χ3n) is 3.95. The lowest BCUT2D eigenvalue weighted by Crippen LogP contribution is -2.14. The van der Waals surface area contributed by atoms with Crippen LogP contribution in [0, 0.1) is 16.7 Å². The molecule has 0 heterocycles. The summed E-state index contributed by atoms with van der Waals surface area (Å²) < 4.78 is 0. The van der Waals surface area contributed by atoms with E-state index in [1.165, 1.54) is 0 Å². The second kappa shape index (κ2) is 2.35. The van der Waals surface area contributed by atoms with Crippen molar-refractivity contribution in [2.24, 2.45) is 16.7 Å². The van der Waals surface area contributed by atoms with Gasteiger partial charge in [0.15, 0.2) is 0 Å². The topological polar surface area (TPSA) is 20.2 Å². The van der Waals surface area contributed by atoms with Crippen molar-refractivity contribution >= 4 is 0 Å². The van der Waals surface area contributed by atoms with Crippen LogP contribution in [0.5, 0.6) is 0 Å². The fourth-order valence-electron chi connectivity index (χ4n) is 2.32. The number of aliphatic hydroxyl groups excluding tert-OH is 1. The zero-order valence-electron chi connectivity index (χ0n) is 8.81. The zero-order chi connectivity index (χ0) is 9.73. The Balaban J connectivity index is 2.77. The van der Waals surface area contributed by atoms with Crippen LogP contribution in [0.4, 0.5) is 0 Å². The molecule has 0 aromatic rings. The Morgan fingerprint density at radius 2 is 1.58 bits per heavy atom. The summed E-state index contributed by atoms with van der Waals surface area (Å²) in [4.78, 5) is 0. The molecule has 1 aliphatic carbocycles. The smallest absolute Gasteiger partial charge is 0.0783 e. The molecule has 1 rings (SSSR count). The fourth-order valence-corrected chi connectivity index (χ4v) is 2.32. The van der Waals surface area contributed by atoms with E-state index in [1.807, 2.05) is 6.92 Å². The average molecular weight is 168 g/mol. The van der Waals surface area contributed by atoms with Gasteiger partial charge in [0, 0.05) is 0 Å². The van der Waals surface area contributed by atoms with Crippen molar-refractivity contribution in [3.8, 4) is 0 Å². The van der Waals surface area contributed by atoms with Gasteiger partial charge in [-0.1, -0.05) is 39.8 Å². The molecule has 1 saturated carbocycles. The Morgan fingerprint density at radius 1 is 1.25 bits per heavy atom. The summed E-state index contributed by atoms with van der Waals surface area (Å²) in [6.07, 6.45) is -0.324. The number of hydrogen-bond acceptors (Lipinski definition) is 1. The van der Waals surface area contributed by atoms with Crippen molar-refractivity contribution in [1.29, 1.82) is 0 Å². The molecule has 1 N–H and O–H groups in total. The molecular formula is C11H20O. The van der Waals surface area contributed by atoms with E-state index in [9.17, 15) is 5.11 Å². The van der Waals surface area contributed by atoms with E-state index in [0.29, 0.717) is 5.92 Å². The van der Waals surface area contributed by atoms with E-state index in [2.05, 4.69) is 34.3 Å². The zero-order valence-corrected chi connectivity index (χ0v) is 8.81. The van der Waals surface area contributed by atoms with Gasteiger partial charge in [-0.25, -0.2) is 0 Å². The lowest BCUT2D eigenvalue weighted by Gasteiger charge is -2.11. The monoisotopic (exact) mass is 168 g/mol. The van der Waals surface area contributed by atoms with Gasteiger partial charge in [-0.3, -0.25) is 0 Å². The Labute approximate surface area is 75.5 Å². The highest BCUT2D eigenvalue weighted by atomic mass is 16.3. The van der Waals surface area contributed by atoms with Gasteiger partial charge in [-0.05, 0) is 23.7 Å². The molecule has 1 heteroatoms. The molecule has 0 radical (unpaired) electrons. The van der Waals surface area contributed by atoms with Gasteiger partial charge in [-0.15, -0.1) is 0 Å². The first kappa shape index (κ1) is 9.79. The largest absolute Gasteiger partial charge is 0.388 e. The summed E-state index contributed by atoms with van der Waals surface area (Å²) >= 11 is 0. The maximum Gasteiger partial charge on any atom is 0.0783 e. The Bertz CT molecular complexity index is 199. The van der Waals surface area contributed by atoms with Crippen molar-refractivity contribution in [3.05, 3.63) is 12.2 Å². The van der Waals surface area contributed by atoms with Crippen LogP contribution in [0.1, 0.15) is 34.6 Å². The van der Waals surface area contributed by atoms with Crippen LogP contribution in [-0.2, 0) is 0 Å². The average Bonchev–Trinajstić information content (AvgIpc) is 2.23. The molecule has 0 bridgehead atoms. The molecule has 0 aliphatic heterocycles. The van der Waals surface area contributed by atoms with E-state index >= 15 is 0 Å². The minimum Gasteiger partial charge on any atom is -0.388 e. The van der Waals surface area contributed by atoms with Gasteiger partial charge in [0.25, 0.3) is 0 Å². The lowest BCUT2D eigenvalue weighted by molar-refractivity contribution is 0.164. The van der Waals surface area contributed by atoms with E-state index in [4.69, 9.17) is 0 Å². The maximum absolute atomic E-state index is 9.84. The summed E-state index contributed by atoms with van der Waals surface area (Å²) in [7, 11) is 0. The molecular weight excluding hydrogens is 148 g/mol. The molecule has 1 aliphatic rings. The van der Waals surface area contributed by atoms with E-state index in [-0.39, 0.29) is 16.9 Å². The third kappa shape index (κ3) is 1.03. The Hall–Kier alpha value is -0.300. The van der Waals surface area contributed by atoms with Crippen LogP contribution in [0.15, 0.2) is 12.2 Å². The summed E-state index contributed by atoms with van der Waals surface area (Å²) in [5.74, 6) is 0.377. The van der Waals surface area contributed by atoms with Gasteiger partial charge in [0.2, 0.25) is 0 Å². The predicted molar refractivity (Wildman–Crippen MR) is 51.9 cm³/mol. The van der Waals surface area contributed by atoms with Crippen molar-refractivity contribution in [2.75, 3.05) is 0 Å². The minimum absolute atomic E-state index is 0.255. The summed E-state index contributed by atoms with van der Waals surface area (Å²) in [6, 6.07) is 0. The van der Waals surface area contributed by atoms with E-state index in [0.717, 1.165) is 5.57 Å². The fraction of sp³-hybridized carbons (Fsp3) is 0.818. The van der Waals surface area contributed by atoms with Crippen molar-refractivity contribution in [2.45, 2.75) is 40.7 Å². The first-order chi connectivity index (χ1) is 5.23.